The minimum Gasteiger partial charge on any atom is -0.462 e. The van der Waals surface area contributed by atoms with Crippen molar-refractivity contribution >= 4 is 12.1 Å². The molecule has 9 nitrogen and oxygen atoms in total. The molecule has 0 spiro atoms. The fourth-order valence-electron chi connectivity index (χ4n) is 6.94. The van der Waals surface area contributed by atoms with Crippen LogP contribution < -0.4 is 5.73 Å². The lowest BCUT2D eigenvalue weighted by Crippen LogP contribution is -2.47. The van der Waals surface area contributed by atoms with E-state index in [1.54, 1.807) is 6.92 Å². The van der Waals surface area contributed by atoms with Gasteiger partial charge in [0.15, 0.2) is 0 Å². The number of hydrogen-bond acceptors (Lipinski definition) is 8. The second-order valence-corrected chi connectivity index (χ2v) is 14.0. The first-order chi connectivity index (χ1) is 19.5. The van der Waals surface area contributed by atoms with Crippen molar-refractivity contribution < 1.29 is 39.5 Å². The van der Waals surface area contributed by atoms with E-state index in [4.69, 9.17) is 15.2 Å². The molecule has 248 valence electrons. The Morgan fingerprint density at radius 1 is 0.905 bits per heavy atom. The zero-order valence-corrected chi connectivity index (χ0v) is 27.7. The summed E-state index contributed by atoms with van der Waals surface area (Å²) in [5, 5.41) is 43.1. The van der Waals surface area contributed by atoms with Crippen molar-refractivity contribution in [2.75, 3.05) is 0 Å². The molecule has 0 aliphatic carbocycles. The third-order valence-electron chi connectivity index (χ3n) is 9.92. The maximum Gasteiger partial charge on any atom is 0.404 e. The Balaban J connectivity index is 2.58. The zero-order valence-electron chi connectivity index (χ0n) is 27.7. The van der Waals surface area contributed by atoms with Gasteiger partial charge >= 0.3 is 12.1 Å². The van der Waals surface area contributed by atoms with Gasteiger partial charge < -0.3 is 35.6 Å². The van der Waals surface area contributed by atoms with Gasteiger partial charge in [0.25, 0.3) is 0 Å². The predicted molar refractivity (Wildman–Crippen MR) is 164 cm³/mol. The number of unbranched alkanes of at least 4 members (excludes halogenated alkanes) is 1. The normalized spacial score (nSPS) is 28.4. The lowest BCUT2D eigenvalue weighted by Gasteiger charge is -2.37. The van der Waals surface area contributed by atoms with Gasteiger partial charge in [0.05, 0.1) is 30.3 Å². The van der Waals surface area contributed by atoms with E-state index in [0.717, 1.165) is 32.1 Å². The van der Waals surface area contributed by atoms with E-state index >= 15 is 0 Å². The number of carbonyl (C=O) groups excluding carboxylic acids is 2. The topological polar surface area (TPSA) is 160 Å². The number of amides is 1. The zero-order chi connectivity index (χ0) is 32.3. The Hall–Kier alpha value is -1.42. The van der Waals surface area contributed by atoms with Crippen molar-refractivity contribution in [2.24, 2.45) is 53.1 Å². The van der Waals surface area contributed by atoms with E-state index in [-0.39, 0.29) is 47.8 Å². The van der Waals surface area contributed by atoms with E-state index in [1.807, 2.05) is 41.5 Å². The van der Waals surface area contributed by atoms with Gasteiger partial charge in [0.1, 0.15) is 12.2 Å². The van der Waals surface area contributed by atoms with E-state index in [2.05, 4.69) is 13.8 Å². The van der Waals surface area contributed by atoms with Crippen molar-refractivity contribution in [1.29, 1.82) is 0 Å². The van der Waals surface area contributed by atoms with Gasteiger partial charge in [-0.25, -0.2) is 4.79 Å². The van der Waals surface area contributed by atoms with E-state index in [0.29, 0.717) is 12.8 Å². The highest BCUT2D eigenvalue weighted by Gasteiger charge is 2.41. The van der Waals surface area contributed by atoms with Crippen molar-refractivity contribution in [1.82, 2.24) is 0 Å². The number of nitrogens with two attached hydrogens (primary N) is 1. The summed E-state index contributed by atoms with van der Waals surface area (Å²) >= 11 is 0. The number of rotatable bonds is 19. The third-order valence-corrected chi connectivity index (χ3v) is 9.92. The quantitative estimate of drug-likeness (QED) is 0.129. The summed E-state index contributed by atoms with van der Waals surface area (Å²) in [6, 6.07) is 0. The highest BCUT2D eigenvalue weighted by Crippen LogP contribution is 2.33. The Labute approximate surface area is 254 Å². The molecule has 0 aromatic heterocycles. The molecule has 0 aromatic carbocycles. The SMILES string of the molecule is CCCC[C@@H](C)[C@@H](OC(N)=O)[C@H](C)[C@@H](O)[C@H](C)CC(C)C[C@@H](C)[C@H](O)[C@H](C)CC[C@H](O)C[C@H]1OC(=O)[C@@H](C)[C@H](O)[C@@H]1C. The van der Waals surface area contributed by atoms with Gasteiger partial charge in [-0.05, 0) is 68.6 Å². The molecular formula is C33H63NO8. The lowest BCUT2D eigenvalue weighted by atomic mass is 9.77. The fourth-order valence-corrected chi connectivity index (χ4v) is 6.94. The number of esters is 1. The molecular weight excluding hydrogens is 538 g/mol. The molecule has 1 saturated heterocycles. The van der Waals surface area contributed by atoms with E-state index in [1.165, 1.54) is 0 Å². The molecule has 1 aliphatic heterocycles. The number of aliphatic hydroxyl groups is 4. The molecule has 6 N–H and O–H groups in total. The predicted octanol–water partition coefficient (Wildman–Crippen LogP) is 5.05. The first kappa shape index (κ1) is 38.6. The van der Waals surface area contributed by atoms with Gasteiger partial charge in [0, 0.05) is 18.3 Å². The fraction of sp³-hybridized carbons (Fsp3) is 0.939. The van der Waals surface area contributed by atoms with Crippen LogP contribution in [0.15, 0.2) is 0 Å². The smallest absolute Gasteiger partial charge is 0.404 e. The summed E-state index contributed by atoms with van der Waals surface area (Å²) in [5.74, 6) is -1.16. The molecule has 9 heteroatoms. The van der Waals surface area contributed by atoms with Crippen LogP contribution in [-0.4, -0.2) is 69.1 Å². The van der Waals surface area contributed by atoms with E-state index < -0.39 is 54.6 Å². The van der Waals surface area contributed by atoms with Crippen LogP contribution in [0.2, 0.25) is 0 Å². The second-order valence-electron chi connectivity index (χ2n) is 14.0. The number of aliphatic hydroxyl groups excluding tert-OH is 4. The third kappa shape index (κ3) is 11.9. The lowest BCUT2D eigenvalue weighted by molar-refractivity contribution is -0.179. The van der Waals surface area contributed by atoms with Gasteiger partial charge in [-0.3, -0.25) is 4.79 Å². The summed E-state index contributed by atoms with van der Waals surface area (Å²) in [6.07, 6.45) is 1.45. The van der Waals surface area contributed by atoms with Crippen LogP contribution in [0, 0.1) is 47.3 Å². The van der Waals surface area contributed by atoms with Crippen LogP contribution in [0.25, 0.3) is 0 Å². The van der Waals surface area contributed by atoms with Gasteiger partial charge in [-0.1, -0.05) is 68.2 Å². The molecule has 42 heavy (non-hydrogen) atoms. The number of carbonyl (C=O) groups is 2. The molecule has 1 aliphatic rings. The largest absolute Gasteiger partial charge is 0.462 e. The molecule has 0 radical (unpaired) electrons. The minimum absolute atomic E-state index is 0.0259. The summed E-state index contributed by atoms with van der Waals surface area (Å²) in [6.45, 7) is 17.7. The minimum atomic E-state index is -0.812. The van der Waals surface area contributed by atoms with Crippen LogP contribution in [-0.2, 0) is 14.3 Å². The standard InChI is InChI=1S/C33H63NO8/c1-10-11-12-20(4)31(42-33(34)40)24(8)29(37)22(6)16-18(2)15-21(5)28(36)19(3)13-14-26(35)17-27-23(7)30(38)25(9)32(39)41-27/h18-31,35-38H,10-17H2,1-9H3,(H2,34,40)/t18?,19-,20-,21-,22-,23-,24-,25+,26+,27-,28-,29+,30-,31-/m1/s1. The second kappa shape index (κ2) is 18.4. The molecule has 14 atom stereocenters. The van der Waals surface area contributed by atoms with Crippen molar-refractivity contribution in [3.63, 3.8) is 0 Å². The van der Waals surface area contributed by atoms with Crippen LogP contribution in [0.5, 0.6) is 0 Å². The molecule has 1 heterocycles. The highest BCUT2D eigenvalue weighted by molar-refractivity contribution is 5.73. The monoisotopic (exact) mass is 601 g/mol. The van der Waals surface area contributed by atoms with Crippen LogP contribution in [0.4, 0.5) is 4.79 Å². The average molecular weight is 602 g/mol. The Morgan fingerprint density at radius 3 is 2.02 bits per heavy atom. The molecule has 1 fully saturated rings. The molecule has 0 bridgehead atoms. The van der Waals surface area contributed by atoms with Crippen LogP contribution in [0.1, 0.15) is 114 Å². The Bertz CT molecular complexity index is 796. The molecule has 1 amide bonds. The Morgan fingerprint density at radius 2 is 1.48 bits per heavy atom. The van der Waals surface area contributed by atoms with Crippen LogP contribution in [0.3, 0.4) is 0 Å². The summed E-state index contributed by atoms with van der Waals surface area (Å²) in [4.78, 5) is 23.6. The van der Waals surface area contributed by atoms with Gasteiger partial charge in [0.2, 0.25) is 0 Å². The first-order valence-corrected chi connectivity index (χ1v) is 16.4. The van der Waals surface area contributed by atoms with Gasteiger partial charge in [-0.15, -0.1) is 0 Å². The summed E-state index contributed by atoms with van der Waals surface area (Å²) in [7, 11) is 0. The number of ether oxygens (including phenoxy) is 2. The summed E-state index contributed by atoms with van der Waals surface area (Å²) in [5.41, 5.74) is 5.35. The maximum atomic E-state index is 12.0. The molecule has 0 saturated carbocycles. The highest BCUT2D eigenvalue weighted by atomic mass is 16.6. The number of cyclic esters (lactones) is 1. The first-order valence-electron chi connectivity index (χ1n) is 16.4. The van der Waals surface area contributed by atoms with Crippen molar-refractivity contribution in [3.05, 3.63) is 0 Å². The number of primary amides is 1. The number of hydrogen-bond donors (Lipinski definition) is 5. The molecule has 1 unspecified atom stereocenters. The Kier molecular flexibility index (Phi) is 16.9. The summed E-state index contributed by atoms with van der Waals surface area (Å²) < 4.78 is 10.9. The molecule has 1 rings (SSSR count). The molecule has 0 aromatic rings. The average Bonchev–Trinajstić information content (AvgIpc) is 2.93. The van der Waals surface area contributed by atoms with E-state index in [9.17, 15) is 30.0 Å². The van der Waals surface area contributed by atoms with Crippen molar-refractivity contribution in [2.45, 2.75) is 150 Å². The van der Waals surface area contributed by atoms with Gasteiger partial charge in [-0.2, -0.15) is 0 Å². The van der Waals surface area contributed by atoms with Crippen LogP contribution >= 0.6 is 0 Å². The maximum absolute atomic E-state index is 12.0. The van der Waals surface area contributed by atoms with Crippen molar-refractivity contribution in [3.8, 4) is 0 Å².